The molecule has 0 amide bonds. The van der Waals surface area contributed by atoms with Crippen LogP contribution >= 0.6 is 0 Å². The molecule has 112 valence electrons. The van der Waals surface area contributed by atoms with Gasteiger partial charge in [0, 0.05) is 19.2 Å². The fourth-order valence-corrected chi connectivity index (χ4v) is 1.96. The number of carboxylic acid groups (broad SMARTS) is 1. The molecule has 0 radical (unpaired) electrons. The fourth-order valence-electron chi connectivity index (χ4n) is 1.96. The molecule has 0 aliphatic carbocycles. The van der Waals surface area contributed by atoms with Crippen molar-refractivity contribution in [3.8, 4) is 0 Å². The molecule has 1 N–H and O–H groups in total. The summed E-state index contributed by atoms with van der Waals surface area (Å²) in [6, 6.07) is 4.37. The van der Waals surface area contributed by atoms with Crippen molar-refractivity contribution in [3.05, 3.63) is 53.5 Å². The first-order chi connectivity index (χ1) is 9.79. The number of benzene rings is 1. The molecule has 0 aliphatic rings. The second kappa shape index (κ2) is 5.51. The summed E-state index contributed by atoms with van der Waals surface area (Å²) in [6.07, 6.45) is -1.62. The van der Waals surface area contributed by atoms with Crippen LogP contribution in [0.2, 0.25) is 0 Å². The summed E-state index contributed by atoms with van der Waals surface area (Å²) >= 11 is 0. The number of carboxylic acids is 1. The third-order valence-corrected chi connectivity index (χ3v) is 2.97. The molecular weight excluding hydrogens is 287 g/mol. The van der Waals surface area contributed by atoms with Crippen molar-refractivity contribution in [1.29, 1.82) is 0 Å². The molecule has 1 heterocycles. The lowest BCUT2D eigenvalue weighted by Crippen LogP contribution is -2.20. The number of aromatic carboxylic acids is 1. The molecule has 1 aromatic heterocycles. The number of anilines is 1. The lowest BCUT2D eigenvalue weighted by atomic mass is 10.1. The van der Waals surface area contributed by atoms with Crippen LogP contribution in [0.4, 0.5) is 18.9 Å². The highest BCUT2D eigenvalue weighted by Gasteiger charge is 2.32. The van der Waals surface area contributed by atoms with Crippen LogP contribution in [0.1, 0.15) is 21.5 Å². The Kier molecular flexibility index (Phi) is 3.93. The molecule has 0 saturated heterocycles. The van der Waals surface area contributed by atoms with Crippen molar-refractivity contribution in [2.45, 2.75) is 12.7 Å². The van der Waals surface area contributed by atoms with Gasteiger partial charge in [-0.05, 0) is 24.3 Å². The van der Waals surface area contributed by atoms with E-state index in [-0.39, 0.29) is 5.69 Å². The predicted octanol–water partition coefficient (Wildman–Crippen LogP) is 3.63. The van der Waals surface area contributed by atoms with Gasteiger partial charge in [0.25, 0.3) is 0 Å². The number of carbonyl (C=O) groups is 1. The molecule has 7 heteroatoms. The van der Waals surface area contributed by atoms with Gasteiger partial charge in [-0.25, -0.2) is 4.79 Å². The number of furan rings is 1. The highest BCUT2D eigenvalue weighted by molar-refractivity contribution is 5.94. The van der Waals surface area contributed by atoms with Crippen LogP contribution in [-0.4, -0.2) is 18.1 Å². The van der Waals surface area contributed by atoms with E-state index in [2.05, 4.69) is 0 Å². The fraction of sp³-hybridized carbons (Fsp3) is 0.214. The number of halogens is 3. The van der Waals surface area contributed by atoms with Crippen molar-refractivity contribution < 1.29 is 27.5 Å². The molecule has 0 unspecified atom stereocenters. The van der Waals surface area contributed by atoms with Crippen LogP contribution in [-0.2, 0) is 12.7 Å². The van der Waals surface area contributed by atoms with Gasteiger partial charge in [0.05, 0.1) is 29.3 Å². The first kappa shape index (κ1) is 15.0. The van der Waals surface area contributed by atoms with Gasteiger partial charge >= 0.3 is 12.1 Å². The molecular formula is C14H12F3NO3. The molecule has 1 aromatic carbocycles. The second-order valence-corrected chi connectivity index (χ2v) is 4.52. The van der Waals surface area contributed by atoms with Crippen LogP contribution in [0.25, 0.3) is 0 Å². The smallest absolute Gasteiger partial charge is 0.416 e. The van der Waals surface area contributed by atoms with E-state index in [1.807, 2.05) is 0 Å². The molecule has 0 aliphatic heterocycles. The van der Waals surface area contributed by atoms with Gasteiger partial charge in [0.1, 0.15) is 0 Å². The Morgan fingerprint density at radius 2 is 2.05 bits per heavy atom. The quantitative estimate of drug-likeness (QED) is 0.936. The Morgan fingerprint density at radius 3 is 2.57 bits per heavy atom. The van der Waals surface area contributed by atoms with E-state index in [4.69, 9.17) is 9.52 Å². The molecule has 0 atom stereocenters. The number of hydrogen-bond acceptors (Lipinski definition) is 3. The molecule has 21 heavy (non-hydrogen) atoms. The second-order valence-electron chi connectivity index (χ2n) is 4.52. The van der Waals surface area contributed by atoms with Crippen LogP contribution in [0.3, 0.4) is 0 Å². The molecule has 0 saturated carbocycles. The van der Waals surface area contributed by atoms with Gasteiger partial charge in [0.2, 0.25) is 0 Å². The maximum Gasteiger partial charge on any atom is 0.416 e. The zero-order chi connectivity index (χ0) is 15.6. The van der Waals surface area contributed by atoms with Crippen molar-refractivity contribution in [3.63, 3.8) is 0 Å². The zero-order valence-corrected chi connectivity index (χ0v) is 11.0. The molecule has 0 spiro atoms. The molecule has 4 nitrogen and oxygen atoms in total. The summed E-state index contributed by atoms with van der Waals surface area (Å²) in [6.45, 7) is 0.322. The maximum atomic E-state index is 12.7. The van der Waals surface area contributed by atoms with Crippen molar-refractivity contribution in [1.82, 2.24) is 0 Å². The normalized spacial score (nSPS) is 11.4. The highest BCUT2D eigenvalue weighted by Crippen LogP contribution is 2.33. The predicted molar refractivity (Wildman–Crippen MR) is 69.2 cm³/mol. The molecule has 0 fully saturated rings. The lowest BCUT2D eigenvalue weighted by molar-refractivity contribution is -0.137. The van der Waals surface area contributed by atoms with Gasteiger partial charge in [0.15, 0.2) is 0 Å². The lowest BCUT2D eigenvalue weighted by Gasteiger charge is -2.21. The molecule has 2 aromatic rings. The minimum atomic E-state index is -4.58. The first-order valence-corrected chi connectivity index (χ1v) is 5.96. The van der Waals surface area contributed by atoms with Gasteiger partial charge in [-0.2, -0.15) is 13.2 Å². The maximum absolute atomic E-state index is 12.7. The van der Waals surface area contributed by atoms with Gasteiger partial charge in [-0.15, -0.1) is 0 Å². The van der Waals surface area contributed by atoms with Crippen molar-refractivity contribution in [2.24, 2.45) is 0 Å². The summed E-state index contributed by atoms with van der Waals surface area (Å²) in [7, 11) is 1.60. The van der Waals surface area contributed by atoms with Crippen molar-refractivity contribution in [2.75, 3.05) is 11.9 Å². The average Bonchev–Trinajstić information content (AvgIpc) is 2.89. The Morgan fingerprint density at radius 1 is 1.33 bits per heavy atom. The standard InChI is InChI=1S/C14H12F3NO3/c1-18(7-9-4-5-21-8-9)12-3-2-10(14(15,16)17)6-11(12)13(19)20/h2-6,8H,7H2,1H3,(H,19,20). The van der Waals surface area contributed by atoms with Gasteiger partial charge in [-0.1, -0.05) is 0 Å². The highest BCUT2D eigenvalue weighted by atomic mass is 19.4. The van der Waals surface area contributed by atoms with Gasteiger partial charge in [-0.3, -0.25) is 0 Å². The van der Waals surface area contributed by atoms with E-state index in [0.29, 0.717) is 12.6 Å². The number of nitrogens with zero attached hydrogens (tertiary/aromatic N) is 1. The largest absolute Gasteiger partial charge is 0.478 e. The molecule has 2 rings (SSSR count). The third kappa shape index (κ3) is 3.36. The monoisotopic (exact) mass is 299 g/mol. The minimum Gasteiger partial charge on any atom is -0.478 e. The Bertz CT molecular complexity index is 635. The van der Waals surface area contributed by atoms with E-state index in [9.17, 15) is 18.0 Å². The number of rotatable bonds is 4. The van der Waals surface area contributed by atoms with Crippen LogP contribution in [0, 0.1) is 0 Å². The average molecular weight is 299 g/mol. The Labute approximate surface area is 118 Å². The Balaban J connectivity index is 2.36. The van der Waals surface area contributed by atoms with Crippen LogP contribution in [0.15, 0.2) is 41.2 Å². The SMILES string of the molecule is CN(Cc1ccoc1)c1ccc(C(F)(F)F)cc1C(=O)O. The zero-order valence-electron chi connectivity index (χ0n) is 11.0. The first-order valence-electron chi connectivity index (χ1n) is 5.96. The number of hydrogen-bond donors (Lipinski definition) is 1. The summed E-state index contributed by atoms with van der Waals surface area (Å²) in [4.78, 5) is 12.7. The topological polar surface area (TPSA) is 53.7 Å². The van der Waals surface area contributed by atoms with Crippen LogP contribution in [0.5, 0.6) is 0 Å². The summed E-state index contributed by atoms with van der Waals surface area (Å²) in [5.74, 6) is -1.41. The summed E-state index contributed by atoms with van der Waals surface area (Å²) in [5.41, 5.74) is -0.387. The van der Waals surface area contributed by atoms with E-state index < -0.39 is 23.3 Å². The van der Waals surface area contributed by atoms with Crippen LogP contribution < -0.4 is 4.90 Å². The van der Waals surface area contributed by atoms with Gasteiger partial charge < -0.3 is 14.4 Å². The van der Waals surface area contributed by atoms with E-state index >= 15 is 0 Å². The van der Waals surface area contributed by atoms with Crippen molar-refractivity contribution >= 4 is 11.7 Å². The molecule has 0 bridgehead atoms. The van der Waals surface area contributed by atoms with E-state index in [1.54, 1.807) is 18.0 Å². The minimum absolute atomic E-state index is 0.205. The summed E-state index contributed by atoms with van der Waals surface area (Å²) < 4.78 is 42.9. The summed E-state index contributed by atoms with van der Waals surface area (Å²) in [5, 5.41) is 9.12. The number of alkyl halides is 3. The van der Waals surface area contributed by atoms with E-state index in [1.165, 1.54) is 12.5 Å². The van der Waals surface area contributed by atoms with E-state index in [0.717, 1.165) is 17.7 Å². The Hall–Kier alpha value is -2.44. The third-order valence-electron chi connectivity index (χ3n) is 2.97.